The molecule has 0 saturated heterocycles. The Hall–Kier alpha value is -0.530. The van der Waals surface area contributed by atoms with Gasteiger partial charge in [-0.25, -0.2) is 0 Å². The first-order valence-corrected chi connectivity index (χ1v) is 5.93. The van der Waals surface area contributed by atoms with Gasteiger partial charge in [0.15, 0.2) is 0 Å². The van der Waals surface area contributed by atoms with Gasteiger partial charge in [0.1, 0.15) is 0 Å². The third-order valence-electron chi connectivity index (χ3n) is 2.87. The van der Waals surface area contributed by atoms with E-state index in [2.05, 4.69) is 39.9 Å². The average molecular weight is 213 g/mol. The molecule has 1 N–H and O–H groups in total. The van der Waals surface area contributed by atoms with Crippen LogP contribution in [0, 0.1) is 11.3 Å². The van der Waals surface area contributed by atoms with Crippen LogP contribution in [0.2, 0.25) is 0 Å². The molecule has 0 heterocycles. The molecule has 0 aliphatic carbocycles. The van der Waals surface area contributed by atoms with Crippen molar-refractivity contribution in [2.75, 3.05) is 0 Å². The van der Waals surface area contributed by atoms with E-state index in [1.54, 1.807) is 0 Å². The van der Waals surface area contributed by atoms with Gasteiger partial charge in [0.25, 0.3) is 0 Å². The summed E-state index contributed by atoms with van der Waals surface area (Å²) in [6, 6.07) is 0. The molecular formula is C13H27NO. The zero-order valence-corrected chi connectivity index (χ0v) is 11.4. The van der Waals surface area contributed by atoms with Crippen LogP contribution in [0.1, 0.15) is 61.3 Å². The van der Waals surface area contributed by atoms with Crippen LogP contribution in [0.15, 0.2) is 0 Å². The quantitative estimate of drug-likeness (QED) is 0.745. The average Bonchev–Trinajstić information content (AvgIpc) is 2.00. The second-order valence-electron chi connectivity index (χ2n) is 6.17. The molecule has 0 saturated carbocycles. The summed E-state index contributed by atoms with van der Waals surface area (Å²) in [5.74, 6) is 0.765. The second kappa shape index (κ2) is 5.00. The lowest BCUT2D eigenvalue weighted by Crippen LogP contribution is -2.49. The molecule has 0 aliphatic heterocycles. The summed E-state index contributed by atoms with van der Waals surface area (Å²) >= 11 is 0. The van der Waals surface area contributed by atoms with Crippen LogP contribution in [0.3, 0.4) is 0 Å². The Morgan fingerprint density at radius 3 is 2.00 bits per heavy atom. The van der Waals surface area contributed by atoms with Crippen molar-refractivity contribution in [3.63, 3.8) is 0 Å². The topological polar surface area (TPSA) is 29.1 Å². The molecule has 0 aromatic carbocycles. The maximum atomic E-state index is 12.0. The number of carbonyl (C=O) groups excluding carboxylic acids is 1. The minimum atomic E-state index is -0.256. The van der Waals surface area contributed by atoms with Crippen molar-refractivity contribution in [2.24, 2.45) is 11.3 Å². The van der Waals surface area contributed by atoms with Crippen molar-refractivity contribution >= 4 is 5.91 Å². The Morgan fingerprint density at radius 1 is 1.20 bits per heavy atom. The lowest BCUT2D eigenvalue weighted by Gasteiger charge is -2.32. The van der Waals surface area contributed by atoms with E-state index in [9.17, 15) is 4.79 Å². The van der Waals surface area contributed by atoms with Crippen molar-refractivity contribution in [3.05, 3.63) is 0 Å². The van der Waals surface area contributed by atoms with Crippen molar-refractivity contribution in [1.82, 2.24) is 5.32 Å². The highest BCUT2D eigenvalue weighted by atomic mass is 16.2. The summed E-state index contributed by atoms with van der Waals surface area (Å²) in [4.78, 5) is 12.0. The summed E-state index contributed by atoms with van der Waals surface area (Å²) in [5, 5.41) is 3.14. The number of hydrogen-bond acceptors (Lipinski definition) is 1. The molecule has 0 rings (SSSR count). The molecule has 0 radical (unpaired) electrons. The molecule has 0 unspecified atom stereocenters. The van der Waals surface area contributed by atoms with Crippen LogP contribution >= 0.6 is 0 Å². The molecular weight excluding hydrogens is 186 g/mol. The third-order valence-corrected chi connectivity index (χ3v) is 2.87. The van der Waals surface area contributed by atoms with Crippen molar-refractivity contribution in [1.29, 1.82) is 0 Å². The zero-order chi connectivity index (χ0) is 12.3. The molecule has 1 amide bonds. The highest BCUT2D eigenvalue weighted by Gasteiger charge is 2.30. The maximum absolute atomic E-state index is 12.0. The van der Waals surface area contributed by atoms with Crippen LogP contribution in [0.25, 0.3) is 0 Å². The third kappa shape index (κ3) is 5.19. The molecule has 90 valence electrons. The molecule has 2 heteroatoms. The molecule has 0 spiro atoms. The van der Waals surface area contributed by atoms with E-state index in [4.69, 9.17) is 0 Å². The van der Waals surface area contributed by atoms with Crippen LogP contribution < -0.4 is 5.32 Å². The lowest BCUT2D eigenvalue weighted by atomic mass is 9.86. The van der Waals surface area contributed by atoms with Gasteiger partial charge in [-0.15, -0.1) is 0 Å². The fourth-order valence-electron chi connectivity index (χ4n) is 1.71. The van der Waals surface area contributed by atoms with Crippen molar-refractivity contribution in [3.8, 4) is 0 Å². The van der Waals surface area contributed by atoms with E-state index >= 15 is 0 Å². The fraction of sp³-hybridized carbons (Fsp3) is 0.923. The molecule has 0 aromatic heterocycles. The highest BCUT2D eigenvalue weighted by molar-refractivity contribution is 5.82. The first-order valence-electron chi connectivity index (χ1n) is 5.93. The summed E-state index contributed by atoms with van der Waals surface area (Å²) in [6.07, 6.45) is 1.88. The van der Waals surface area contributed by atoms with Crippen LogP contribution in [0.5, 0.6) is 0 Å². The summed E-state index contributed by atoms with van der Waals surface area (Å²) in [6.45, 7) is 14.6. The predicted molar refractivity (Wildman–Crippen MR) is 65.7 cm³/mol. The molecule has 2 nitrogen and oxygen atoms in total. The lowest BCUT2D eigenvalue weighted by molar-refractivity contribution is -0.131. The standard InChI is InChI=1S/C13H27NO/c1-8-12(4,5)11(15)14-13(6,7)9-10(2)3/h10H,8-9H2,1-7H3,(H,14,15). The molecule has 0 fully saturated rings. The summed E-state index contributed by atoms with van der Waals surface area (Å²) < 4.78 is 0. The van der Waals surface area contributed by atoms with Crippen molar-refractivity contribution < 1.29 is 4.79 Å². The van der Waals surface area contributed by atoms with E-state index in [0.717, 1.165) is 12.8 Å². The fourth-order valence-corrected chi connectivity index (χ4v) is 1.71. The van der Waals surface area contributed by atoms with Gasteiger partial charge in [0, 0.05) is 11.0 Å². The van der Waals surface area contributed by atoms with Crippen molar-refractivity contribution in [2.45, 2.75) is 66.8 Å². The van der Waals surface area contributed by atoms with Gasteiger partial charge in [-0.05, 0) is 32.6 Å². The Morgan fingerprint density at radius 2 is 1.67 bits per heavy atom. The van der Waals surface area contributed by atoms with Crippen LogP contribution in [-0.4, -0.2) is 11.4 Å². The molecule has 15 heavy (non-hydrogen) atoms. The van der Waals surface area contributed by atoms with Gasteiger partial charge in [0.2, 0.25) is 5.91 Å². The monoisotopic (exact) mass is 213 g/mol. The smallest absolute Gasteiger partial charge is 0.226 e. The number of carbonyl (C=O) groups is 1. The van der Waals surface area contributed by atoms with Gasteiger partial charge >= 0.3 is 0 Å². The van der Waals surface area contributed by atoms with Gasteiger partial charge in [0.05, 0.1) is 0 Å². The minimum absolute atomic E-state index is 0.0995. The van der Waals surface area contributed by atoms with E-state index < -0.39 is 0 Å². The number of nitrogens with one attached hydrogen (secondary N) is 1. The molecule has 0 atom stereocenters. The maximum Gasteiger partial charge on any atom is 0.226 e. The zero-order valence-electron chi connectivity index (χ0n) is 11.4. The van der Waals surface area contributed by atoms with Gasteiger partial charge in [-0.3, -0.25) is 4.79 Å². The Balaban J connectivity index is 4.40. The van der Waals surface area contributed by atoms with E-state index in [-0.39, 0.29) is 16.9 Å². The Bertz CT molecular complexity index is 217. The molecule has 0 bridgehead atoms. The number of amides is 1. The minimum Gasteiger partial charge on any atom is -0.351 e. The SMILES string of the molecule is CCC(C)(C)C(=O)NC(C)(C)CC(C)C. The first kappa shape index (κ1) is 14.5. The normalized spacial score (nSPS) is 13.1. The van der Waals surface area contributed by atoms with Gasteiger partial charge in [-0.2, -0.15) is 0 Å². The van der Waals surface area contributed by atoms with E-state index in [1.807, 2.05) is 13.8 Å². The highest BCUT2D eigenvalue weighted by Crippen LogP contribution is 2.23. The van der Waals surface area contributed by atoms with E-state index in [1.165, 1.54) is 0 Å². The van der Waals surface area contributed by atoms with Crippen LogP contribution in [-0.2, 0) is 4.79 Å². The van der Waals surface area contributed by atoms with E-state index in [0.29, 0.717) is 5.92 Å². The number of rotatable bonds is 5. The largest absolute Gasteiger partial charge is 0.351 e. The summed E-state index contributed by atoms with van der Waals surface area (Å²) in [5.41, 5.74) is -0.355. The Labute approximate surface area is 94.8 Å². The first-order chi connectivity index (χ1) is 6.60. The molecule has 0 aromatic rings. The number of hydrogen-bond donors (Lipinski definition) is 1. The van der Waals surface area contributed by atoms with Crippen LogP contribution in [0.4, 0.5) is 0 Å². The Kier molecular flexibility index (Phi) is 4.82. The van der Waals surface area contributed by atoms with Gasteiger partial charge < -0.3 is 5.32 Å². The second-order valence-corrected chi connectivity index (χ2v) is 6.17. The molecule has 0 aliphatic rings. The summed E-state index contributed by atoms with van der Waals surface area (Å²) in [7, 11) is 0. The predicted octanol–water partition coefficient (Wildman–Crippen LogP) is 3.36. The van der Waals surface area contributed by atoms with Gasteiger partial charge in [-0.1, -0.05) is 34.6 Å².